The number of likely N-dealkylation sites (N-methyl/N-ethyl adjacent to an activating group) is 1. The Morgan fingerprint density at radius 3 is 2.58 bits per heavy atom. The van der Waals surface area contributed by atoms with Crippen molar-refractivity contribution in [3.05, 3.63) is 11.1 Å². The predicted octanol–water partition coefficient (Wildman–Crippen LogP) is 1.23. The molecule has 0 aromatic carbocycles. The number of ether oxygens (including phenoxy) is 1. The summed E-state index contributed by atoms with van der Waals surface area (Å²) in [7, 11) is 3.82. The van der Waals surface area contributed by atoms with E-state index in [1.165, 1.54) is 6.08 Å². The summed E-state index contributed by atoms with van der Waals surface area (Å²) in [6, 6.07) is 0. The molecular weight excluding hydrogens is 178 g/mol. The molecule has 0 aromatic heterocycles. The van der Waals surface area contributed by atoms with Crippen molar-refractivity contribution in [1.82, 2.24) is 4.90 Å². The zero-order valence-corrected chi connectivity index (χ0v) is 8.39. The largest absolute Gasteiger partial charge is 0.460 e. The molecule has 0 unspecified atom stereocenters. The molecule has 0 aliphatic rings. The molecule has 0 bridgehead atoms. The van der Waals surface area contributed by atoms with E-state index in [4.69, 9.17) is 16.3 Å². The van der Waals surface area contributed by atoms with Crippen molar-refractivity contribution in [2.24, 2.45) is 0 Å². The molecule has 0 aliphatic carbocycles. The fourth-order valence-electron chi connectivity index (χ4n) is 0.508. The number of hydrogen-bond acceptors (Lipinski definition) is 3. The molecule has 0 heterocycles. The maximum absolute atomic E-state index is 10.9. The molecule has 0 fully saturated rings. The molecule has 0 N–H and O–H groups in total. The van der Waals surface area contributed by atoms with Crippen LogP contribution in [0.4, 0.5) is 0 Å². The second kappa shape index (κ2) is 6.03. The monoisotopic (exact) mass is 191 g/mol. The SMILES string of the molecule is CC=C(Cl)C(=O)OCCN(C)C. The lowest BCUT2D eigenvalue weighted by Crippen LogP contribution is -2.20. The van der Waals surface area contributed by atoms with Crippen molar-refractivity contribution in [3.8, 4) is 0 Å². The third kappa shape index (κ3) is 5.16. The second-order valence-electron chi connectivity index (χ2n) is 2.58. The van der Waals surface area contributed by atoms with Gasteiger partial charge in [-0.2, -0.15) is 0 Å². The van der Waals surface area contributed by atoms with Gasteiger partial charge in [0.2, 0.25) is 0 Å². The van der Waals surface area contributed by atoms with Crippen LogP contribution in [0, 0.1) is 0 Å². The Kier molecular flexibility index (Phi) is 5.76. The summed E-state index contributed by atoms with van der Waals surface area (Å²) in [5.74, 6) is -0.457. The maximum Gasteiger partial charge on any atom is 0.349 e. The van der Waals surface area contributed by atoms with Crippen LogP contribution in [0.1, 0.15) is 6.92 Å². The first-order chi connectivity index (χ1) is 5.57. The highest BCUT2D eigenvalue weighted by Gasteiger charge is 2.05. The number of carbonyl (C=O) groups is 1. The lowest BCUT2D eigenvalue weighted by atomic mass is 10.5. The molecular formula is C8H14ClNO2. The molecule has 0 saturated heterocycles. The Balaban J connectivity index is 3.58. The van der Waals surface area contributed by atoms with E-state index in [-0.39, 0.29) is 5.03 Å². The first-order valence-corrected chi connectivity index (χ1v) is 4.09. The van der Waals surface area contributed by atoms with Crippen molar-refractivity contribution >= 4 is 17.6 Å². The highest BCUT2D eigenvalue weighted by molar-refractivity contribution is 6.41. The highest BCUT2D eigenvalue weighted by Crippen LogP contribution is 2.02. The van der Waals surface area contributed by atoms with Crippen LogP contribution < -0.4 is 0 Å². The molecule has 0 atom stereocenters. The lowest BCUT2D eigenvalue weighted by Gasteiger charge is -2.09. The number of carbonyl (C=O) groups excluding carboxylic acids is 1. The predicted molar refractivity (Wildman–Crippen MR) is 49.1 cm³/mol. The molecule has 0 spiro atoms. The Bertz CT molecular complexity index is 178. The Hall–Kier alpha value is -0.540. The van der Waals surface area contributed by atoms with Gasteiger partial charge in [0, 0.05) is 6.54 Å². The summed E-state index contributed by atoms with van der Waals surface area (Å²) in [6.07, 6.45) is 1.51. The Morgan fingerprint density at radius 2 is 2.17 bits per heavy atom. The van der Waals surface area contributed by atoms with Gasteiger partial charge in [-0.3, -0.25) is 0 Å². The van der Waals surface area contributed by atoms with Gasteiger partial charge in [-0.15, -0.1) is 0 Å². The molecule has 0 radical (unpaired) electrons. The van der Waals surface area contributed by atoms with Gasteiger partial charge in [0.05, 0.1) is 0 Å². The lowest BCUT2D eigenvalue weighted by molar-refractivity contribution is -0.138. The van der Waals surface area contributed by atoms with Gasteiger partial charge < -0.3 is 9.64 Å². The Labute approximate surface area is 77.9 Å². The van der Waals surface area contributed by atoms with Gasteiger partial charge in [0.15, 0.2) is 0 Å². The average Bonchev–Trinajstić information content (AvgIpc) is 2.02. The Morgan fingerprint density at radius 1 is 1.58 bits per heavy atom. The minimum atomic E-state index is -0.457. The maximum atomic E-state index is 10.9. The number of nitrogens with zero attached hydrogens (tertiary/aromatic N) is 1. The van der Waals surface area contributed by atoms with Gasteiger partial charge in [-0.25, -0.2) is 4.79 Å². The van der Waals surface area contributed by atoms with Crippen molar-refractivity contribution in [2.75, 3.05) is 27.2 Å². The fraction of sp³-hybridized carbons (Fsp3) is 0.625. The van der Waals surface area contributed by atoms with E-state index < -0.39 is 5.97 Å². The van der Waals surface area contributed by atoms with Crippen LogP contribution in [-0.2, 0) is 9.53 Å². The smallest absolute Gasteiger partial charge is 0.349 e. The van der Waals surface area contributed by atoms with Gasteiger partial charge in [0.25, 0.3) is 0 Å². The number of esters is 1. The summed E-state index contributed by atoms with van der Waals surface area (Å²) in [4.78, 5) is 12.8. The first kappa shape index (κ1) is 11.5. The minimum absolute atomic E-state index is 0.133. The third-order valence-corrected chi connectivity index (χ3v) is 1.59. The van der Waals surface area contributed by atoms with E-state index in [1.54, 1.807) is 6.92 Å². The highest BCUT2D eigenvalue weighted by atomic mass is 35.5. The molecule has 0 aromatic rings. The third-order valence-electron chi connectivity index (χ3n) is 1.22. The minimum Gasteiger partial charge on any atom is -0.460 e. The number of allylic oxidation sites excluding steroid dienone is 1. The number of rotatable bonds is 4. The summed E-state index contributed by atoms with van der Waals surface area (Å²) in [6.45, 7) is 2.77. The van der Waals surface area contributed by atoms with E-state index in [1.807, 2.05) is 19.0 Å². The van der Waals surface area contributed by atoms with Crippen LogP contribution in [0.5, 0.6) is 0 Å². The molecule has 12 heavy (non-hydrogen) atoms. The van der Waals surface area contributed by atoms with Gasteiger partial charge >= 0.3 is 5.97 Å². The molecule has 0 saturated carbocycles. The van der Waals surface area contributed by atoms with E-state index in [9.17, 15) is 4.79 Å². The van der Waals surface area contributed by atoms with Gasteiger partial charge in [-0.05, 0) is 21.0 Å². The number of halogens is 1. The van der Waals surface area contributed by atoms with Crippen LogP contribution in [0.2, 0.25) is 0 Å². The molecule has 0 amide bonds. The molecule has 0 rings (SSSR count). The summed E-state index contributed by atoms with van der Waals surface area (Å²) in [5, 5.41) is 0.133. The normalized spacial score (nSPS) is 11.9. The zero-order chi connectivity index (χ0) is 9.56. The van der Waals surface area contributed by atoms with Crippen LogP contribution in [0.15, 0.2) is 11.1 Å². The van der Waals surface area contributed by atoms with E-state index in [0.717, 1.165) is 0 Å². The summed E-state index contributed by atoms with van der Waals surface area (Å²) < 4.78 is 4.82. The van der Waals surface area contributed by atoms with Crippen molar-refractivity contribution in [1.29, 1.82) is 0 Å². The fourth-order valence-corrected chi connectivity index (χ4v) is 0.562. The number of hydrogen-bond donors (Lipinski definition) is 0. The molecule has 4 heteroatoms. The van der Waals surface area contributed by atoms with Crippen molar-refractivity contribution in [2.45, 2.75) is 6.92 Å². The van der Waals surface area contributed by atoms with Crippen LogP contribution in [-0.4, -0.2) is 38.1 Å². The zero-order valence-electron chi connectivity index (χ0n) is 7.63. The summed E-state index contributed by atoms with van der Waals surface area (Å²) >= 11 is 5.50. The second-order valence-corrected chi connectivity index (χ2v) is 2.98. The van der Waals surface area contributed by atoms with Crippen molar-refractivity contribution in [3.63, 3.8) is 0 Å². The van der Waals surface area contributed by atoms with E-state index >= 15 is 0 Å². The average molecular weight is 192 g/mol. The molecule has 3 nitrogen and oxygen atoms in total. The molecule has 70 valence electrons. The van der Waals surface area contributed by atoms with Crippen molar-refractivity contribution < 1.29 is 9.53 Å². The van der Waals surface area contributed by atoms with Crippen LogP contribution in [0.25, 0.3) is 0 Å². The van der Waals surface area contributed by atoms with Gasteiger partial charge in [0.1, 0.15) is 11.6 Å². The summed E-state index contributed by atoms with van der Waals surface area (Å²) in [5.41, 5.74) is 0. The van der Waals surface area contributed by atoms with E-state index in [2.05, 4.69) is 0 Å². The van der Waals surface area contributed by atoms with Crippen LogP contribution in [0.3, 0.4) is 0 Å². The van der Waals surface area contributed by atoms with E-state index in [0.29, 0.717) is 13.2 Å². The van der Waals surface area contributed by atoms with Crippen LogP contribution >= 0.6 is 11.6 Å². The molecule has 0 aliphatic heterocycles. The van der Waals surface area contributed by atoms with Gasteiger partial charge in [-0.1, -0.05) is 17.7 Å². The first-order valence-electron chi connectivity index (χ1n) is 3.71. The standard InChI is InChI=1S/C8H14ClNO2/c1-4-7(9)8(11)12-6-5-10(2)3/h4H,5-6H2,1-3H3. The topological polar surface area (TPSA) is 29.5 Å². The quantitative estimate of drug-likeness (QED) is 0.495.